The SMILES string of the molecule is COc1ccc(/C=C/C(=O)Nc2nnc(-c3ccc(Br)cc3)s2)cc1. The summed E-state index contributed by atoms with van der Waals surface area (Å²) in [5, 5.41) is 12.0. The molecule has 0 radical (unpaired) electrons. The van der Waals surface area contributed by atoms with Gasteiger partial charge in [0, 0.05) is 16.1 Å². The Morgan fingerprint density at radius 3 is 2.52 bits per heavy atom. The average molecular weight is 416 g/mol. The molecular formula is C18H14BrN3O2S. The zero-order valence-electron chi connectivity index (χ0n) is 13.3. The Bertz CT molecular complexity index is 889. The van der Waals surface area contributed by atoms with Crippen molar-refractivity contribution in [2.45, 2.75) is 0 Å². The van der Waals surface area contributed by atoms with E-state index in [9.17, 15) is 4.79 Å². The van der Waals surface area contributed by atoms with Crippen molar-refractivity contribution >= 4 is 44.4 Å². The number of aromatic nitrogens is 2. The van der Waals surface area contributed by atoms with E-state index in [2.05, 4.69) is 31.4 Å². The largest absolute Gasteiger partial charge is 0.497 e. The predicted octanol–water partition coefficient (Wildman–Crippen LogP) is 4.63. The van der Waals surface area contributed by atoms with Gasteiger partial charge in [0.2, 0.25) is 11.0 Å². The summed E-state index contributed by atoms with van der Waals surface area (Å²) in [6, 6.07) is 15.2. The molecule has 0 aliphatic carbocycles. The van der Waals surface area contributed by atoms with E-state index in [1.807, 2.05) is 48.5 Å². The molecule has 0 spiro atoms. The Labute approximate surface area is 157 Å². The molecule has 0 fully saturated rings. The molecule has 3 rings (SSSR count). The molecule has 1 N–H and O–H groups in total. The van der Waals surface area contributed by atoms with Gasteiger partial charge in [0.15, 0.2) is 0 Å². The van der Waals surface area contributed by atoms with E-state index in [-0.39, 0.29) is 5.91 Å². The Hall–Kier alpha value is -2.51. The van der Waals surface area contributed by atoms with Crippen LogP contribution in [0.5, 0.6) is 5.75 Å². The molecule has 2 aromatic carbocycles. The number of hydrogen-bond donors (Lipinski definition) is 1. The number of rotatable bonds is 5. The summed E-state index contributed by atoms with van der Waals surface area (Å²) in [6.45, 7) is 0. The quantitative estimate of drug-likeness (QED) is 0.616. The van der Waals surface area contributed by atoms with Gasteiger partial charge in [-0.2, -0.15) is 0 Å². The van der Waals surface area contributed by atoms with Gasteiger partial charge < -0.3 is 4.74 Å². The zero-order valence-corrected chi connectivity index (χ0v) is 15.7. The third-order valence-electron chi connectivity index (χ3n) is 3.29. The van der Waals surface area contributed by atoms with E-state index in [4.69, 9.17) is 4.74 Å². The van der Waals surface area contributed by atoms with E-state index in [1.165, 1.54) is 17.4 Å². The first-order valence-electron chi connectivity index (χ1n) is 7.36. The molecule has 0 unspecified atom stereocenters. The number of methoxy groups -OCH3 is 1. The summed E-state index contributed by atoms with van der Waals surface area (Å²) in [5.41, 5.74) is 1.86. The van der Waals surface area contributed by atoms with E-state index in [0.29, 0.717) is 5.13 Å². The van der Waals surface area contributed by atoms with E-state index >= 15 is 0 Å². The van der Waals surface area contributed by atoms with Crippen LogP contribution >= 0.6 is 27.3 Å². The topological polar surface area (TPSA) is 64.1 Å². The molecule has 3 aromatic rings. The summed E-state index contributed by atoms with van der Waals surface area (Å²) >= 11 is 4.72. The fourth-order valence-corrected chi connectivity index (χ4v) is 3.03. The van der Waals surface area contributed by atoms with Gasteiger partial charge >= 0.3 is 0 Å². The second kappa shape index (κ2) is 8.04. The van der Waals surface area contributed by atoms with Crippen molar-refractivity contribution in [3.8, 4) is 16.3 Å². The monoisotopic (exact) mass is 415 g/mol. The maximum absolute atomic E-state index is 12.0. The number of nitrogens with one attached hydrogen (secondary N) is 1. The highest BCUT2D eigenvalue weighted by atomic mass is 79.9. The number of anilines is 1. The third-order valence-corrected chi connectivity index (χ3v) is 4.71. The van der Waals surface area contributed by atoms with Gasteiger partial charge in [-0.1, -0.05) is 51.5 Å². The molecule has 1 aromatic heterocycles. The van der Waals surface area contributed by atoms with E-state index in [0.717, 1.165) is 26.4 Å². The van der Waals surface area contributed by atoms with Crippen LogP contribution < -0.4 is 10.1 Å². The number of ether oxygens (including phenoxy) is 1. The van der Waals surface area contributed by atoms with Crippen molar-refractivity contribution in [2.75, 3.05) is 12.4 Å². The van der Waals surface area contributed by atoms with Crippen molar-refractivity contribution in [1.29, 1.82) is 0 Å². The Balaban J connectivity index is 1.63. The van der Waals surface area contributed by atoms with E-state index in [1.54, 1.807) is 13.2 Å². The highest BCUT2D eigenvalue weighted by Gasteiger charge is 2.08. The fraction of sp³-hybridized carbons (Fsp3) is 0.0556. The number of nitrogens with zero attached hydrogens (tertiary/aromatic N) is 2. The summed E-state index contributed by atoms with van der Waals surface area (Å²) in [7, 11) is 1.61. The van der Waals surface area contributed by atoms with Crippen LogP contribution in [-0.2, 0) is 4.79 Å². The highest BCUT2D eigenvalue weighted by Crippen LogP contribution is 2.27. The molecule has 126 valence electrons. The van der Waals surface area contributed by atoms with Gasteiger partial charge in [0.25, 0.3) is 0 Å². The van der Waals surface area contributed by atoms with Crippen molar-refractivity contribution in [3.05, 3.63) is 64.6 Å². The summed E-state index contributed by atoms with van der Waals surface area (Å²) < 4.78 is 6.10. The van der Waals surface area contributed by atoms with Crippen LogP contribution in [0.15, 0.2) is 59.1 Å². The van der Waals surface area contributed by atoms with Gasteiger partial charge in [-0.3, -0.25) is 10.1 Å². The van der Waals surface area contributed by atoms with Crippen molar-refractivity contribution < 1.29 is 9.53 Å². The first-order chi connectivity index (χ1) is 12.1. The Morgan fingerprint density at radius 2 is 1.84 bits per heavy atom. The minimum Gasteiger partial charge on any atom is -0.497 e. The molecule has 0 aliphatic heterocycles. The lowest BCUT2D eigenvalue weighted by Crippen LogP contribution is -2.07. The molecule has 1 heterocycles. The number of hydrogen-bond acceptors (Lipinski definition) is 5. The number of carbonyl (C=O) groups excluding carboxylic acids is 1. The third kappa shape index (κ3) is 4.74. The highest BCUT2D eigenvalue weighted by molar-refractivity contribution is 9.10. The molecule has 25 heavy (non-hydrogen) atoms. The lowest BCUT2D eigenvalue weighted by atomic mass is 10.2. The molecule has 0 saturated heterocycles. The zero-order chi connectivity index (χ0) is 17.6. The average Bonchev–Trinajstić information content (AvgIpc) is 3.09. The van der Waals surface area contributed by atoms with E-state index < -0.39 is 0 Å². The molecule has 0 saturated carbocycles. The smallest absolute Gasteiger partial charge is 0.250 e. The van der Waals surface area contributed by atoms with Gasteiger partial charge in [-0.25, -0.2) is 0 Å². The minimum atomic E-state index is -0.255. The number of benzene rings is 2. The minimum absolute atomic E-state index is 0.255. The first kappa shape index (κ1) is 17.3. The number of halogens is 1. The Kier molecular flexibility index (Phi) is 5.57. The van der Waals surface area contributed by atoms with Gasteiger partial charge in [0.1, 0.15) is 10.8 Å². The number of amides is 1. The molecule has 0 atom stereocenters. The predicted molar refractivity (Wildman–Crippen MR) is 104 cm³/mol. The lowest BCUT2D eigenvalue weighted by Gasteiger charge is -1.99. The maximum atomic E-state index is 12.0. The van der Waals surface area contributed by atoms with Crippen LogP contribution in [0.2, 0.25) is 0 Å². The van der Waals surface area contributed by atoms with Crippen molar-refractivity contribution in [2.24, 2.45) is 0 Å². The van der Waals surface area contributed by atoms with Crippen LogP contribution in [0, 0.1) is 0 Å². The summed E-state index contributed by atoms with van der Waals surface area (Å²) in [5.74, 6) is 0.519. The fourth-order valence-electron chi connectivity index (χ4n) is 2.02. The van der Waals surface area contributed by atoms with Gasteiger partial charge in [0.05, 0.1) is 7.11 Å². The summed E-state index contributed by atoms with van der Waals surface area (Å²) in [6.07, 6.45) is 3.19. The molecular weight excluding hydrogens is 402 g/mol. The molecule has 7 heteroatoms. The molecule has 0 bridgehead atoms. The van der Waals surface area contributed by atoms with Gasteiger partial charge in [-0.05, 0) is 35.9 Å². The van der Waals surface area contributed by atoms with Crippen molar-refractivity contribution in [3.63, 3.8) is 0 Å². The maximum Gasteiger partial charge on any atom is 0.250 e. The molecule has 0 aliphatic rings. The Morgan fingerprint density at radius 1 is 1.12 bits per heavy atom. The van der Waals surface area contributed by atoms with Crippen LogP contribution in [0.1, 0.15) is 5.56 Å². The lowest BCUT2D eigenvalue weighted by molar-refractivity contribution is -0.111. The normalized spacial score (nSPS) is 10.8. The molecule has 1 amide bonds. The van der Waals surface area contributed by atoms with Crippen LogP contribution in [0.25, 0.3) is 16.6 Å². The molecule has 5 nitrogen and oxygen atoms in total. The first-order valence-corrected chi connectivity index (χ1v) is 8.97. The van der Waals surface area contributed by atoms with Crippen LogP contribution in [0.3, 0.4) is 0 Å². The summed E-state index contributed by atoms with van der Waals surface area (Å²) in [4.78, 5) is 12.0. The second-order valence-corrected chi connectivity index (χ2v) is 6.91. The van der Waals surface area contributed by atoms with Gasteiger partial charge in [-0.15, -0.1) is 10.2 Å². The number of carbonyl (C=O) groups is 1. The standard InChI is InChI=1S/C18H14BrN3O2S/c1-24-15-9-2-12(3-10-15)4-11-16(23)20-18-22-21-17(25-18)13-5-7-14(19)8-6-13/h2-11H,1H3,(H,20,22,23)/b11-4+. The van der Waals surface area contributed by atoms with Crippen LogP contribution in [0.4, 0.5) is 5.13 Å². The van der Waals surface area contributed by atoms with Crippen molar-refractivity contribution in [1.82, 2.24) is 10.2 Å². The second-order valence-electron chi connectivity index (χ2n) is 5.02. The van der Waals surface area contributed by atoms with Crippen LogP contribution in [-0.4, -0.2) is 23.2 Å².